The van der Waals surface area contributed by atoms with E-state index in [9.17, 15) is 5.11 Å². The lowest BCUT2D eigenvalue weighted by molar-refractivity contribution is 0.0785. The molecule has 1 aromatic heterocycles. The average molecular weight is 319 g/mol. The van der Waals surface area contributed by atoms with Gasteiger partial charge in [-0.15, -0.1) is 11.3 Å². The summed E-state index contributed by atoms with van der Waals surface area (Å²) in [6.45, 7) is 4.82. The van der Waals surface area contributed by atoms with Crippen molar-refractivity contribution in [2.75, 3.05) is 6.61 Å². The predicted molar refractivity (Wildman–Crippen MR) is 86.1 cm³/mol. The van der Waals surface area contributed by atoms with Crippen LogP contribution in [-0.2, 0) is 16.9 Å². The molecule has 2 aromatic rings. The maximum Gasteiger partial charge on any atom is 0.131 e. The molecule has 2 heterocycles. The predicted octanol–water partition coefficient (Wildman–Crippen LogP) is 3.80. The molecule has 4 nitrogen and oxygen atoms in total. The fourth-order valence-electron chi connectivity index (χ4n) is 2.43. The first-order valence-corrected chi connectivity index (χ1v) is 8.42. The molecule has 0 spiro atoms. The van der Waals surface area contributed by atoms with Gasteiger partial charge in [0.05, 0.1) is 11.3 Å². The quantitative estimate of drug-likeness (QED) is 0.910. The van der Waals surface area contributed by atoms with E-state index in [1.165, 1.54) is 0 Å². The minimum atomic E-state index is -0.830. The van der Waals surface area contributed by atoms with Crippen LogP contribution >= 0.6 is 11.3 Å². The van der Waals surface area contributed by atoms with Crippen LogP contribution in [0.3, 0.4) is 0 Å². The van der Waals surface area contributed by atoms with Crippen molar-refractivity contribution in [3.8, 4) is 5.75 Å². The molecule has 3 rings (SSSR count). The van der Waals surface area contributed by atoms with E-state index < -0.39 is 5.60 Å². The van der Waals surface area contributed by atoms with E-state index >= 15 is 0 Å². The Morgan fingerprint density at radius 2 is 2.14 bits per heavy atom. The van der Waals surface area contributed by atoms with Crippen LogP contribution in [0.15, 0.2) is 29.6 Å². The highest BCUT2D eigenvalue weighted by molar-refractivity contribution is 7.09. The molecule has 1 aromatic carbocycles. The number of aliphatic hydroxyl groups is 1. The van der Waals surface area contributed by atoms with E-state index in [2.05, 4.69) is 4.98 Å². The number of ether oxygens (including phenoxy) is 2. The van der Waals surface area contributed by atoms with Crippen molar-refractivity contribution in [1.29, 1.82) is 0 Å². The van der Waals surface area contributed by atoms with E-state index in [0.29, 0.717) is 6.61 Å². The molecule has 5 heteroatoms. The number of rotatable bonds is 5. The summed E-state index contributed by atoms with van der Waals surface area (Å²) in [5, 5.41) is 13.0. The summed E-state index contributed by atoms with van der Waals surface area (Å²) < 4.78 is 11.4. The second-order valence-electron chi connectivity index (χ2n) is 6.05. The zero-order valence-electron chi connectivity index (χ0n) is 12.9. The lowest BCUT2D eigenvalue weighted by Gasteiger charge is -2.17. The van der Waals surface area contributed by atoms with E-state index in [-0.39, 0.29) is 6.10 Å². The summed E-state index contributed by atoms with van der Waals surface area (Å²) in [6.07, 6.45) is 2.35. The Morgan fingerprint density at radius 1 is 1.36 bits per heavy atom. The van der Waals surface area contributed by atoms with E-state index in [4.69, 9.17) is 9.47 Å². The van der Waals surface area contributed by atoms with Gasteiger partial charge >= 0.3 is 0 Å². The molecule has 1 aliphatic rings. The maximum absolute atomic E-state index is 9.93. The van der Waals surface area contributed by atoms with E-state index in [0.717, 1.165) is 41.5 Å². The summed E-state index contributed by atoms with van der Waals surface area (Å²) in [5.74, 6) is 0.777. The van der Waals surface area contributed by atoms with Crippen molar-refractivity contribution in [3.05, 3.63) is 45.9 Å². The van der Waals surface area contributed by atoms with Gasteiger partial charge in [-0.2, -0.15) is 0 Å². The Hall–Kier alpha value is -1.43. The SMILES string of the molecule is CC(C)(O)c1ccc(OCc2csc([C@H]3CCCO3)n2)cc1. The molecule has 118 valence electrons. The normalized spacial score (nSPS) is 18.6. The molecule has 0 radical (unpaired) electrons. The Labute approximate surface area is 134 Å². The Morgan fingerprint density at radius 3 is 2.77 bits per heavy atom. The summed E-state index contributed by atoms with van der Waals surface area (Å²) >= 11 is 1.64. The van der Waals surface area contributed by atoms with Gasteiger partial charge in [-0.05, 0) is 44.4 Å². The van der Waals surface area contributed by atoms with Gasteiger partial charge in [0, 0.05) is 12.0 Å². The number of hydrogen-bond acceptors (Lipinski definition) is 5. The van der Waals surface area contributed by atoms with Crippen LogP contribution in [0.25, 0.3) is 0 Å². The van der Waals surface area contributed by atoms with Crippen LogP contribution in [0.4, 0.5) is 0 Å². The van der Waals surface area contributed by atoms with Gasteiger partial charge in [0.25, 0.3) is 0 Å². The smallest absolute Gasteiger partial charge is 0.131 e. The van der Waals surface area contributed by atoms with Gasteiger partial charge < -0.3 is 14.6 Å². The lowest BCUT2D eigenvalue weighted by atomic mass is 9.99. The molecule has 1 saturated heterocycles. The minimum Gasteiger partial charge on any atom is -0.487 e. The van der Waals surface area contributed by atoms with Gasteiger partial charge in [0.2, 0.25) is 0 Å². The second kappa shape index (κ2) is 6.36. The number of benzene rings is 1. The molecule has 1 N–H and O–H groups in total. The summed E-state index contributed by atoms with van der Waals surface area (Å²) in [5.41, 5.74) is 0.972. The zero-order chi connectivity index (χ0) is 15.6. The van der Waals surface area contributed by atoms with Gasteiger partial charge in [-0.25, -0.2) is 4.98 Å². The number of thiazole rings is 1. The first kappa shape index (κ1) is 15.5. The lowest BCUT2D eigenvalue weighted by Crippen LogP contribution is -2.14. The third-order valence-electron chi connectivity index (χ3n) is 3.72. The highest BCUT2D eigenvalue weighted by Gasteiger charge is 2.21. The molecule has 22 heavy (non-hydrogen) atoms. The fourth-order valence-corrected chi connectivity index (χ4v) is 3.31. The number of aromatic nitrogens is 1. The molecule has 0 unspecified atom stereocenters. The van der Waals surface area contributed by atoms with Crippen molar-refractivity contribution >= 4 is 11.3 Å². The molecule has 0 bridgehead atoms. The highest BCUT2D eigenvalue weighted by Crippen LogP contribution is 2.31. The summed E-state index contributed by atoms with van der Waals surface area (Å²) in [7, 11) is 0. The number of nitrogens with zero attached hydrogens (tertiary/aromatic N) is 1. The monoisotopic (exact) mass is 319 g/mol. The average Bonchev–Trinajstić information content (AvgIpc) is 3.15. The Balaban J connectivity index is 1.58. The van der Waals surface area contributed by atoms with Crippen LogP contribution in [0, 0.1) is 0 Å². The van der Waals surface area contributed by atoms with Crippen LogP contribution in [0.1, 0.15) is 49.1 Å². The topological polar surface area (TPSA) is 51.6 Å². The third kappa shape index (κ3) is 3.66. The Kier molecular flexibility index (Phi) is 4.47. The van der Waals surface area contributed by atoms with Crippen LogP contribution in [-0.4, -0.2) is 16.7 Å². The van der Waals surface area contributed by atoms with Crippen molar-refractivity contribution in [2.24, 2.45) is 0 Å². The van der Waals surface area contributed by atoms with E-state index in [1.54, 1.807) is 25.2 Å². The maximum atomic E-state index is 9.93. The van der Waals surface area contributed by atoms with Gasteiger partial charge in [0.15, 0.2) is 0 Å². The largest absolute Gasteiger partial charge is 0.487 e. The molecular weight excluding hydrogens is 298 g/mol. The summed E-state index contributed by atoms with van der Waals surface area (Å²) in [6, 6.07) is 7.52. The molecule has 1 aliphatic heterocycles. The summed E-state index contributed by atoms with van der Waals surface area (Å²) in [4.78, 5) is 4.59. The van der Waals surface area contributed by atoms with Crippen molar-refractivity contribution in [3.63, 3.8) is 0 Å². The number of hydrogen-bond donors (Lipinski definition) is 1. The molecule has 1 fully saturated rings. The molecule has 1 atom stereocenters. The highest BCUT2D eigenvalue weighted by atomic mass is 32.1. The van der Waals surface area contributed by atoms with Crippen LogP contribution in [0.2, 0.25) is 0 Å². The Bertz CT molecular complexity index is 610. The molecular formula is C17H21NO3S. The van der Waals surface area contributed by atoms with Gasteiger partial charge in [-0.1, -0.05) is 12.1 Å². The zero-order valence-corrected chi connectivity index (χ0v) is 13.7. The second-order valence-corrected chi connectivity index (χ2v) is 6.94. The third-order valence-corrected chi connectivity index (χ3v) is 4.71. The minimum absolute atomic E-state index is 0.171. The van der Waals surface area contributed by atoms with Gasteiger partial charge in [0.1, 0.15) is 23.5 Å². The fraction of sp³-hybridized carbons (Fsp3) is 0.471. The first-order chi connectivity index (χ1) is 10.5. The van der Waals surface area contributed by atoms with Gasteiger partial charge in [-0.3, -0.25) is 0 Å². The van der Waals surface area contributed by atoms with Crippen molar-refractivity contribution in [2.45, 2.75) is 45.0 Å². The molecule has 0 aliphatic carbocycles. The van der Waals surface area contributed by atoms with Crippen molar-refractivity contribution in [1.82, 2.24) is 4.98 Å². The van der Waals surface area contributed by atoms with Crippen LogP contribution < -0.4 is 4.74 Å². The van der Waals surface area contributed by atoms with Crippen molar-refractivity contribution < 1.29 is 14.6 Å². The molecule has 0 saturated carbocycles. The molecule has 0 amide bonds. The first-order valence-electron chi connectivity index (χ1n) is 7.54. The van der Waals surface area contributed by atoms with E-state index in [1.807, 2.05) is 29.6 Å². The standard InChI is InChI=1S/C17H21NO3S/c1-17(2,19)12-5-7-14(8-6-12)21-10-13-11-22-16(18-13)15-4-3-9-20-15/h5-8,11,15,19H,3-4,9-10H2,1-2H3/t15-/m1/s1. The van der Waals surface area contributed by atoms with Crippen LogP contribution in [0.5, 0.6) is 5.75 Å².